The number of unbranched alkanes of at least 4 members (excludes halogenated alkanes) is 10. The van der Waals surface area contributed by atoms with Gasteiger partial charge in [0.2, 0.25) is 0 Å². The van der Waals surface area contributed by atoms with Gasteiger partial charge >= 0.3 is 5.97 Å². The molecular formula is C39H54N2O4. The number of methoxy groups -OCH3 is 1. The van der Waals surface area contributed by atoms with E-state index in [1.165, 1.54) is 71.3 Å². The van der Waals surface area contributed by atoms with Crippen molar-refractivity contribution in [1.82, 2.24) is 9.55 Å². The quantitative estimate of drug-likeness (QED) is 0.101. The average Bonchev–Trinajstić information content (AvgIpc) is 3.06. The molecule has 0 fully saturated rings. The van der Waals surface area contributed by atoms with E-state index in [0.29, 0.717) is 5.39 Å². The number of carbonyl (C=O) groups is 1. The van der Waals surface area contributed by atoms with Crippen LogP contribution in [0.25, 0.3) is 21.8 Å². The fourth-order valence-corrected chi connectivity index (χ4v) is 6.07. The number of aromatic amines is 1. The van der Waals surface area contributed by atoms with Crippen molar-refractivity contribution in [1.29, 1.82) is 0 Å². The van der Waals surface area contributed by atoms with Crippen LogP contribution in [0.1, 0.15) is 113 Å². The molecule has 0 aliphatic carbocycles. The fraction of sp³-hybridized carbons (Fsp3) is 0.513. The molecule has 0 bridgehead atoms. The van der Waals surface area contributed by atoms with Crippen LogP contribution in [0.15, 0.2) is 58.1 Å². The molecular weight excluding hydrogens is 560 g/mol. The summed E-state index contributed by atoms with van der Waals surface area (Å²) < 4.78 is 6.82. The molecule has 0 aliphatic heterocycles. The van der Waals surface area contributed by atoms with Crippen LogP contribution >= 0.6 is 0 Å². The summed E-state index contributed by atoms with van der Waals surface area (Å²) in [7, 11) is 1.40. The van der Waals surface area contributed by atoms with Crippen LogP contribution in [-0.2, 0) is 28.9 Å². The highest BCUT2D eigenvalue weighted by Gasteiger charge is 2.16. The lowest BCUT2D eigenvalue weighted by Crippen LogP contribution is -2.22. The number of hydrogen-bond acceptors (Lipinski definition) is 4. The van der Waals surface area contributed by atoms with E-state index in [2.05, 4.69) is 18.8 Å². The van der Waals surface area contributed by atoms with Gasteiger partial charge < -0.3 is 14.3 Å². The summed E-state index contributed by atoms with van der Waals surface area (Å²) in [4.78, 5) is 40.3. The number of pyridine rings is 2. The molecule has 0 radical (unpaired) electrons. The molecule has 2 heterocycles. The molecule has 4 aromatic rings. The smallest absolute Gasteiger partial charge is 0.325 e. The minimum Gasteiger partial charge on any atom is -0.468 e. The Hall–Kier alpha value is -3.67. The Balaban J connectivity index is 0.000000251. The lowest BCUT2D eigenvalue weighted by molar-refractivity contribution is -0.141. The number of benzene rings is 2. The zero-order valence-corrected chi connectivity index (χ0v) is 28.3. The van der Waals surface area contributed by atoms with Crippen molar-refractivity contribution in [3.63, 3.8) is 0 Å². The van der Waals surface area contributed by atoms with E-state index in [-0.39, 0.29) is 23.4 Å². The van der Waals surface area contributed by atoms with Gasteiger partial charge in [0.15, 0.2) is 10.9 Å². The Morgan fingerprint density at radius 1 is 0.689 bits per heavy atom. The summed E-state index contributed by atoms with van der Waals surface area (Å²) in [5.41, 5.74) is 5.73. The third kappa shape index (κ3) is 10.2. The van der Waals surface area contributed by atoms with E-state index in [0.717, 1.165) is 64.6 Å². The first-order valence-electron chi connectivity index (χ1n) is 17.1. The van der Waals surface area contributed by atoms with Gasteiger partial charge in [-0.05, 0) is 63.8 Å². The van der Waals surface area contributed by atoms with E-state index < -0.39 is 0 Å². The number of aromatic nitrogens is 2. The van der Waals surface area contributed by atoms with Crippen molar-refractivity contribution >= 4 is 27.8 Å². The second-order valence-corrected chi connectivity index (χ2v) is 12.2. The third-order valence-electron chi connectivity index (χ3n) is 8.85. The number of carbonyl (C=O) groups excluding carboxylic acids is 1. The van der Waals surface area contributed by atoms with Crippen LogP contribution in [0, 0.1) is 13.8 Å². The van der Waals surface area contributed by atoms with Crippen LogP contribution in [-0.4, -0.2) is 22.6 Å². The number of esters is 1. The maximum atomic E-state index is 12.7. The number of H-pyrrole nitrogens is 1. The minimum absolute atomic E-state index is 0.0673. The SMILES string of the molecule is CCCCCCCCc1[nH]c2ccccc2c(=O)c1C.CCCCCCCCc1c(C)c(=O)c2ccccc2n1CC(=O)OC. The highest BCUT2D eigenvalue weighted by atomic mass is 16.5. The van der Waals surface area contributed by atoms with Crippen LogP contribution in [0.2, 0.25) is 0 Å². The molecule has 244 valence electrons. The number of fused-ring (bicyclic) bond motifs is 2. The lowest BCUT2D eigenvalue weighted by Gasteiger charge is -2.18. The normalized spacial score (nSPS) is 11.0. The van der Waals surface area contributed by atoms with E-state index in [1.54, 1.807) is 0 Å². The van der Waals surface area contributed by atoms with Crippen molar-refractivity contribution in [3.8, 4) is 0 Å². The van der Waals surface area contributed by atoms with E-state index >= 15 is 0 Å². The number of ether oxygens (including phenoxy) is 1. The minimum atomic E-state index is -0.294. The number of hydrogen-bond donors (Lipinski definition) is 1. The fourth-order valence-electron chi connectivity index (χ4n) is 6.07. The van der Waals surface area contributed by atoms with Crippen molar-refractivity contribution in [2.45, 2.75) is 124 Å². The maximum absolute atomic E-state index is 12.7. The molecule has 6 nitrogen and oxygen atoms in total. The number of rotatable bonds is 16. The van der Waals surface area contributed by atoms with Crippen molar-refractivity contribution in [2.75, 3.05) is 7.11 Å². The van der Waals surface area contributed by atoms with Crippen molar-refractivity contribution in [2.24, 2.45) is 0 Å². The Labute approximate surface area is 269 Å². The van der Waals surface area contributed by atoms with Crippen LogP contribution < -0.4 is 10.9 Å². The van der Waals surface area contributed by atoms with E-state index in [1.807, 2.05) is 66.9 Å². The molecule has 45 heavy (non-hydrogen) atoms. The van der Waals surface area contributed by atoms with Crippen molar-refractivity contribution in [3.05, 3.63) is 91.5 Å². The molecule has 2 aromatic carbocycles. The summed E-state index contributed by atoms with van der Waals surface area (Å²) in [6.45, 7) is 8.41. The van der Waals surface area contributed by atoms with Crippen LogP contribution in [0.5, 0.6) is 0 Å². The topological polar surface area (TPSA) is 81.2 Å². The standard InChI is InChI=1S/C21H29NO3.C18H25NO/c1-4-5-6-7-8-9-13-18-16(2)21(24)17-12-10-11-14-19(17)22(18)15-20(23)25-3;1-3-4-5-6-7-8-12-16-14(2)18(20)15-11-9-10-13-17(15)19-16/h10-12,14H,4-9,13,15H2,1-3H3;9-11,13H,3-8,12H2,1-2H3,(H,19,20). The van der Waals surface area contributed by atoms with E-state index in [9.17, 15) is 14.4 Å². The highest BCUT2D eigenvalue weighted by Crippen LogP contribution is 2.19. The molecule has 6 heteroatoms. The molecule has 0 saturated heterocycles. The molecule has 0 amide bonds. The number of nitrogens with one attached hydrogen (secondary N) is 1. The first-order chi connectivity index (χ1) is 21.8. The monoisotopic (exact) mass is 614 g/mol. The van der Waals surface area contributed by atoms with E-state index in [4.69, 9.17) is 4.74 Å². The predicted molar refractivity (Wildman–Crippen MR) is 188 cm³/mol. The van der Waals surface area contributed by atoms with Gasteiger partial charge in [-0.1, -0.05) is 102 Å². The van der Waals surface area contributed by atoms with Crippen molar-refractivity contribution < 1.29 is 9.53 Å². The van der Waals surface area contributed by atoms with Gasteiger partial charge in [0.25, 0.3) is 0 Å². The summed E-state index contributed by atoms with van der Waals surface area (Å²) in [6.07, 6.45) is 16.7. The molecule has 0 saturated carbocycles. The predicted octanol–water partition coefficient (Wildman–Crippen LogP) is 9.13. The second-order valence-electron chi connectivity index (χ2n) is 12.2. The molecule has 1 N–H and O–H groups in total. The third-order valence-corrected chi connectivity index (χ3v) is 8.85. The van der Waals surface area contributed by atoms with Crippen LogP contribution in [0.3, 0.4) is 0 Å². The molecule has 4 rings (SSSR count). The Kier molecular flexibility index (Phi) is 15.1. The van der Waals surface area contributed by atoms with Gasteiger partial charge in [-0.15, -0.1) is 0 Å². The average molecular weight is 615 g/mol. The second kappa shape index (κ2) is 19.0. The largest absolute Gasteiger partial charge is 0.468 e. The highest BCUT2D eigenvalue weighted by molar-refractivity contribution is 5.82. The lowest BCUT2D eigenvalue weighted by atomic mass is 10.0. The van der Waals surface area contributed by atoms with Gasteiger partial charge in [0.05, 0.1) is 12.6 Å². The molecule has 0 aliphatic rings. The van der Waals surface area contributed by atoms with Gasteiger partial charge in [-0.25, -0.2) is 0 Å². The number of para-hydroxylation sites is 2. The van der Waals surface area contributed by atoms with Crippen LogP contribution in [0.4, 0.5) is 0 Å². The number of aryl methyl sites for hydroxylation is 1. The Morgan fingerprint density at radius 2 is 1.22 bits per heavy atom. The molecule has 0 unspecified atom stereocenters. The maximum Gasteiger partial charge on any atom is 0.325 e. The van der Waals surface area contributed by atoms with Gasteiger partial charge in [-0.2, -0.15) is 0 Å². The molecule has 0 atom stereocenters. The van der Waals surface area contributed by atoms with Gasteiger partial charge in [0, 0.05) is 38.8 Å². The molecule has 0 spiro atoms. The first-order valence-corrected chi connectivity index (χ1v) is 17.1. The van der Waals surface area contributed by atoms with Gasteiger partial charge in [-0.3, -0.25) is 14.4 Å². The summed E-state index contributed by atoms with van der Waals surface area (Å²) >= 11 is 0. The zero-order chi connectivity index (χ0) is 32.6. The summed E-state index contributed by atoms with van der Waals surface area (Å²) in [6, 6.07) is 15.3. The first kappa shape index (κ1) is 35.8. The summed E-state index contributed by atoms with van der Waals surface area (Å²) in [5, 5.41) is 1.47. The summed E-state index contributed by atoms with van der Waals surface area (Å²) in [5.74, 6) is -0.294. The zero-order valence-electron chi connectivity index (χ0n) is 28.3. The molecule has 2 aromatic heterocycles. The van der Waals surface area contributed by atoms with Gasteiger partial charge in [0.1, 0.15) is 6.54 Å². The Morgan fingerprint density at radius 3 is 1.87 bits per heavy atom. The number of nitrogens with zero attached hydrogens (tertiary/aromatic N) is 1. The Bertz CT molecular complexity index is 1630.